The van der Waals surface area contributed by atoms with Crippen LogP contribution in [0.2, 0.25) is 0 Å². The lowest BCUT2D eigenvalue weighted by atomic mass is 9.81. The van der Waals surface area contributed by atoms with E-state index in [9.17, 15) is 14.7 Å². The minimum atomic E-state index is -0.936. The largest absolute Gasteiger partial charge is 0.454 e. The van der Waals surface area contributed by atoms with Gasteiger partial charge in [-0.15, -0.1) is 0 Å². The molecule has 3 aliphatic rings. The molecule has 8 nitrogen and oxygen atoms in total. The first-order valence-electron chi connectivity index (χ1n) is 9.75. The summed E-state index contributed by atoms with van der Waals surface area (Å²) in [5.41, 5.74) is 0.174. The molecular weight excluding hydrogens is 364 g/mol. The second-order valence-corrected chi connectivity index (χ2v) is 7.71. The molecule has 1 aliphatic carbocycles. The summed E-state index contributed by atoms with van der Waals surface area (Å²) in [6, 6.07) is 5.19. The van der Waals surface area contributed by atoms with Gasteiger partial charge in [0.25, 0.3) is 5.91 Å². The number of aliphatic hydroxyl groups excluding tert-OH is 1. The number of ether oxygens (including phenoxy) is 3. The van der Waals surface area contributed by atoms with Gasteiger partial charge in [0, 0.05) is 7.05 Å². The zero-order valence-electron chi connectivity index (χ0n) is 16.1. The number of β-amino-alcohol motifs (C(OH)–C–C–N with tert-alkyl or cyclic N) is 1. The maximum atomic E-state index is 12.9. The third-order valence-electron chi connectivity index (χ3n) is 5.89. The van der Waals surface area contributed by atoms with Gasteiger partial charge in [0.05, 0.1) is 25.9 Å². The Kier molecular flexibility index (Phi) is 5.16. The van der Waals surface area contributed by atoms with Crippen molar-refractivity contribution in [2.24, 2.45) is 0 Å². The summed E-state index contributed by atoms with van der Waals surface area (Å²) >= 11 is 0. The molecule has 8 heteroatoms. The number of hydrogen-bond acceptors (Lipinski definition) is 6. The highest BCUT2D eigenvalue weighted by Crippen LogP contribution is 2.39. The van der Waals surface area contributed by atoms with Crippen LogP contribution in [0.1, 0.15) is 37.7 Å². The van der Waals surface area contributed by atoms with Crippen LogP contribution in [0.25, 0.3) is 0 Å². The number of likely N-dealkylation sites (N-methyl/N-ethyl adjacent to an activating group) is 1. The van der Waals surface area contributed by atoms with Gasteiger partial charge in [-0.05, 0) is 30.5 Å². The minimum Gasteiger partial charge on any atom is -0.454 e. The van der Waals surface area contributed by atoms with Crippen LogP contribution in [-0.4, -0.2) is 65.5 Å². The van der Waals surface area contributed by atoms with E-state index in [4.69, 9.17) is 14.2 Å². The Morgan fingerprint density at radius 1 is 1.18 bits per heavy atom. The lowest BCUT2D eigenvalue weighted by Gasteiger charge is -2.35. The molecule has 152 valence electrons. The van der Waals surface area contributed by atoms with Gasteiger partial charge in [-0.1, -0.05) is 25.3 Å². The normalized spacial score (nSPS) is 21.6. The number of amides is 3. The van der Waals surface area contributed by atoms with Crippen LogP contribution in [-0.2, 0) is 16.1 Å². The Morgan fingerprint density at radius 2 is 1.93 bits per heavy atom. The average Bonchev–Trinajstić information content (AvgIpc) is 3.23. The Hall–Kier alpha value is -2.32. The van der Waals surface area contributed by atoms with Crippen molar-refractivity contribution < 1.29 is 28.9 Å². The van der Waals surface area contributed by atoms with Gasteiger partial charge in [0.2, 0.25) is 6.79 Å². The molecule has 1 saturated carbocycles. The number of rotatable bonds is 6. The number of aliphatic hydroxyl groups is 1. The molecule has 1 aromatic rings. The van der Waals surface area contributed by atoms with Crippen LogP contribution >= 0.6 is 0 Å². The number of imide groups is 1. The monoisotopic (exact) mass is 390 g/mol. The van der Waals surface area contributed by atoms with E-state index in [0.717, 1.165) is 24.8 Å². The van der Waals surface area contributed by atoms with Crippen LogP contribution < -0.4 is 9.47 Å². The SMILES string of the molecule is CN1C(=O)N(C[C@H](O)COCc2ccc3c(c2)OCO3)C(=O)C12CCCCC2. The Balaban J connectivity index is 1.30. The number of carbonyl (C=O) groups is 2. The molecule has 0 radical (unpaired) electrons. The van der Waals surface area contributed by atoms with Crippen molar-refractivity contribution in [3.05, 3.63) is 23.8 Å². The molecule has 1 saturated heterocycles. The van der Waals surface area contributed by atoms with Crippen molar-refractivity contribution in [3.8, 4) is 11.5 Å². The summed E-state index contributed by atoms with van der Waals surface area (Å²) in [7, 11) is 1.69. The Bertz CT molecular complexity index is 761. The highest BCUT2D eigenvalue weighted by atomic mass is 16.7. The smallest absolute Gasteiger partial charge is 0.327 e. The molecule has 1 atom stereocenters. The molecule has 4 rings (SSSR count). The molecule has 2 heterocycles. The summed E-state index contributed by atoms with van der Waals surface area (Å²) in [4.78, 5) is 28.3. The van der Waals surface area contributed by atoms with E-state index in [2.05, 4.69) is 0 Å². The minimum absolute atomic E-state index is 0.0300. The van der Waals surface area contributed by atoms with Crippen molar-refractivity contribution in [1.82, 2.24) is 9.80 Å². The predicted octanol–water partition coefficient (Wildman–Crippen LogP) is 1.89. The third kappa shape index (κ3) is 3.31. The van der Waals surface area contributed by atoms with Crippen LogP contribution in [0.5, 0.6) is 11.5 Å². The Labute approximate surface area is 164 Å². The highest BCUT2D eigenvalue weighted by molar-refractivity contribution is 6.07. The van der Waals surface area contributed by atoms with Gasteiger partial charge in [0.1, 0.15) is 5.54 Å². The van der Waals surface area contributed by atoms with E-state index in [1.807, 2.05) is 18.2 Å². The first kappa shape index (κ1) is 19.0. The van der Waals surface area contributed by atoms with E-state index < -0.39 is 11.6 Å². The molecule has 0 unspecified atom stereocenters. The summed E-state index contributed by atoms with van der Waals surface area (Å²) in [6.07, 6.45) is 3.43. The van der Waals surface area contributed by atoms with Gasteiger partial charge >= 0.3 is 6.03 Å². The van der Waals surface area contributed by atoms with Gasteiger partial charge < -0.3 is 24.2 Å². The number of fused-ring (bicyclic) bond motifs is 1. The van der Waals surface area contributed by atoms with Crippen LogP contribution in [0.15, 0.2) is 18.2 Å². The molecule has 1 spiro atoms. The van der Waals surface area contributed by atoms with E-state index in [1.54, 1.807) is 11.9 Å². The molecule has 1 aromatic carbocycles. The predicted molar refractivity (Wildman–Crippen MR) is 98.9 cm³/mol. The average molecular weight is 390 g/mol. The fourth-order valence-electron chi connectivity index (χ4n) is 4.30. The molecule has 2 fully saturated rings. The lowest BCUT2D eigenvalue weighted by Crippen LogP contribution is -2.49. The number of urea groups is 1. The fraction of sp³-hybridized carbons (Fsp3) is 0.600. The Morgan fingerprint density at radius 3 is 2.71 bits per heavy atom. The van der Waals surface area contributed by atoms with Gasteiger partial charge in [-0.25, -0.2) is 4.79 Å². The first-order chi connectivity index (χ1) is 13.5. The summed E-state index contributed by atoms with van der Waals surface area (Å²) < 4.78 is 16.2. The third-order valence-corrected chi connectivity index (χ3v) is 5.89. The second kappa shape index (κ2) is 7.60. The summed E-state index contributed by atoms with van der Waals surface area (Å²) in [5, 5.41) is 10.3. The number of nitrogens with zero attached hydrogens (tertiary/aromatic N) is 2. The zero-order valence-corrected chi connectivity index (χ0v) is 16.1. The highest BCUT2D eigenvalue weighted by Gasteiger charge is 2.55. The maximum Gasteiger partial charge on any atom is 0.327 e. The molecule has 3 amide bonds. The van der Waals surface area contributed by atoms with Gasteiger partial charge in [-0.3, -0.25) is 9.69 Å². The second-order valence-electron chi connectivity index (χ2n) is 7.71. The molecule has 2 aliphatic heterocycles. The van der Waals surface area contributed by atoms with Crippen molar-refractivity contribution >= 4 is 11.9 Å². The van der Waals surface area contributed by atoms with E-state index in [1.165, 1.54) is 4.90 Å². The molecule has 1 N–H and O–H groups in total. The van der Waals surface area contributed by atoms with Gasteiger partial charge in [0.15, 0.2) is 11.5 Å². The number of hydrogen-bond donors (Lipinski definition) is 1. The first-order valence-corrected chi connectivity index (χ1v) is 9.75. The fourth-order valence-corrected chi connectivity index (χ4v) is 4.30. The summed E-state index contributed by atoms with van der Waals surface area (Å²) in [5.74, 6) is 1.20. The van der Waals surface area contributed by atoms with Crippen LogP contribution in [0.4, 0.5) is 4.79 Å². The van der Waals surface area contributed by atoms with Crippen molar-refractivity contribution in [2.45, 2.75) is 50.4 Å². The zero-order chi connectivity index (χ0) is 19.7. The van der Waals surface area contributed by atoms with Crippen molar-refractivity contribution in [1.29, 1.82) is 0 Å². The van der Waals surface area contributed by atoms with E-state index in [0.29, 0.717) is 30.9 Å². The molecule has 0 aromatic heterocycles. The standard InChI is InChI=1S/C20H26N2O6/c1-21-19(25)22(18(24)20(21)7-3-2-4-8-20)10-15(23)12-26-11-14-5-6-16-17(9-14)28-13-27-16/h5-6,9,15,23H,2-4,7-8,10-13H2,1H3/t15-/m0/s1. The quantitative estimate of drug-likeness (QED) is 0.747. The van der Waals surface area contributed by atoms with Gasteiger partial charge in [-0.2, -0.15) is 0 Å². The van der Waals surface area contributed by atoms with Crippen molar-refractivity contribution in [3.63, 3.8) is 0 Å². The molecule has 0 bridgehead atoms. The topological polar surface area (TPSA) is 88.5 Å². The number of benzene rings is 1. The lowest BCUT2D eigenvalue weighted by molar-refractivity contribution is -0.135. The van der Waals surface area contributed by atoms with E-state index >= 15 is 0 Å². The van der Waals surface area contributed by atoms with Crippen LogP contribution in [0, 0.1) is 0 Å². The number of carbonyl (C=O) groups excluding carboxylic acids is 2. The maximum absolute atomic E-state index is 12.9. The summed E-state index contributed by atoms with van der Waals surface area (Å²) in [6.45, 7) is 0.485. The van der Waals surface area contributed by atoms with E-state index in [-0.39, 0.29) is 31.9 Å². The van der Waals surface area contributed by atoms with Crippen LogP contribution in [0.3, 0.4) is 0 Å². The molecule has 28 heavy (non-hydrogen) atoms. The van der Waals surface area contributed by atoms with Crippen molar-refractivity contribution in [2.75, 3.05) is 27.0 Å². The molecular formula is C20H26N2O6.